The van der Waals surface area contributed by atoms with E-state index < -0.39 is 7.26 Å². The van der Waals surface area contributed by atoms with Crippen LogP contribution in [0.3, 0.4) is 0 Å². The van der Waals surface area contributed by atoms with E-state index in [1.54, 1.807) is 0 Å². The minimum Gasteiger partial charge on any atom is -1.00 e. The summed E-state index contributed by atoms with van der Waals surface area (Å²) in [7, 11) is -1.24. The molecule has 0 saturated carbocycles. The number of unbranched alkanes of at least 4 members (excludes halogenated alkanes) is 11. The van der Waals surface area contributed by atoms with Gasteiger partial charge in [-0.05, 0) is 32.1 Å². The van der Waals surface area contributed by atoms with Crippen molar-refractivity contribution in [3.63, 3.8) is 0 Å². The summed E-state index contributed by atoms with van der Waals surface area (Å²) in [6, 6.07) is 0. The van der Waals surface area contributed by atoms with Gasteiger partial charge in [0, 0.05) is 6.42 Å². The highest BCUT2D eigenvalue weighted by Crippen LogP contribution is 2.48. The molecule has 0 bridgehead atoms. The summed E-state index contributed by atoms with van der Waals surface area (Å²) in [6.45, 7) is 8.67. The first-order valence-corrected chi connectivity index (χ1v) is 13.1. The number of allylic oxidation sites excluding steroid dienone is 2. The number of hydrogen-bond acceptors (Lipinski definition) is 1. The molecule has 0 amide bonds. The highest BCUT2D eigenvalue weighted by molar-refractivity contribution is 7.89. The maximum atomic E-state index is 11.8. The van der Waals surface area contributed by atoms with E-state index in [4.69, 9.17) is 0 Å². The van der Waals surface area contributed by atoms with Gasteiger partial charge in [0.15, 0.2) is 0 Å². The van der Waals surface area contributed by atoms with Crippen LogP contribution in [0, 0.1) is 0 Å². The SMILES string of the molecule is CCCCCCCCC=CCCCCCCCC(=O)[P+](C)(C)C.[Cl-]. The van der Waals surface area contributed by atoms with Crippen molar-refractivity contribution in [2.24, 2.45) is 0 Å². The van der Waals surface area contributed by atoms with Crippen molar-refractivity contribution in [2.75, 3.05) is 20.0 Å². The molecule has 0 fully saturated rings. The third-order valence-electron chi connectivity index (χ3n) is 4.40. The van der Waals surface area contributed by atoms with Gasteiger partial charge in [-0.25, -0.2) is 0 Å². The predicted octanol–water partition coefficient (Wildman–Crippen LogP) is 4.46. The van der Waals surface area contributed by atoms with Crippen molar-refractivity contribution in [1.82, 2.24) is 0 Å². The number of carbonyl (C=O) groups excluding carboxylic acids is 1. The van der Waals surface area contributed by atoms with Gasteiger partial charge in [0.05, 0.1) is 27.3 Å². The zero-order valence-electron chi connectivity index (χ0n) is 16.8. The molecule has 0 atom stereocenters. The fourth-order valence-corrected chi connectivity index (χ4v) is 3.51. The van der Waals surface area contributed by atoms with Crippen LogP contribution in [0.5, 0.6) is 0 Å². The molecular formula is C21H42ClOP. The molecule has 3 heteroatoms. The lowest BCUT2D eigenvalue weighted by Gasteiger charge is -2.08. The molecule has 144 valence electrons. The highest BCUT2D eigenvalue weighted by atomic mass is 35.5. The first kappa shape index (κ1) is 26.4. The molecule has 0 unspecified atom stereocenters. The molecule has 0 aliphatic heterocycles. The second kappa shape index (κ2) is 17.9. The number of hydrogen-bond donors (Lipinski definition) is 0. The highest BCUT2D eigenvalue weighted by Gasteiger charge is 2.27. The van der Waals surface area contributed by atoms with Crippen molar-refractivity contribution in [3.05, 3.63) is 12.2 Å². The van der Waals surface area contributed by atoms with Gasteiger partial charge in [0.1, 0.15) is 0 Å². The lowest BCUT2D eigenvalue weighted by atomic mass is 10.1. The third kappa shape index (κ3) is 18.5. The van der Waals surface area contributed by atoms with E-state index in [9.17, 15) is 4.79 Å². The summed E-state index contributed by atoms with van der Waals surface area (Å²) >= 11 is 0. The fraction of sp³-hybridized carbons (Fsp3) is 0.857. The first-order valence-electron chi connectivity index (χ1n) is 9.98. The van der Waals surface area contributed by atoms with Crippen molar-refractivity contribution < 1.29 is 17.2 Å². The summed E-state index contributed by atoms with van der Waals surface area (Å²) in [5, 5.41) is 0. The monoisotopic (exact) mass is 376 g/mol. The van der Waals surface area contributed by atoms with Crippen LogP contribution < -0.4 is 12.4 Å². The van der Waals surface area contributed by atoms with Crippen LogP contribution >= 0.6 is 7.26 Å². The molecule has 0 saturated heterocycles. The van der Waals surface area contributed by atoms with Gasteiger partial charge >= 0.3 is 0 Å². The van der Waals surface area contributed by atoms with E-state index in [2.05, 4.69) is 39.1 Å². The van der Waals surface area contributed by atoms with Gasteiger partial charge in [-0.15, -0.1) is 0 Å². The molecule has 0 aromatic carbocycles. The Morgan fingerprint density at radius 1 is 0.708 bits per heavy atom. The van der Waals surface area contributed by atoms with Gasteiger partial charge in [-0.3, -0.25) is 4.79 Å². The van der Waals surface area contributed by atoms with Gasteiger partial charge < -0.3 is 12.4 Å². The molecule has 24 heavy (non-hydrogen) atoms. The Labute approximate surface area is 159 Å². The Morgan fingerprint density at radius 3 is 1.58 bits per heavy atom. The zero-order chi connectivity index (χ0) is 17.4. The van der Waals surface area contributed by atoms with Gasteiger partial charge in [-0.2, -0.15) is 0 Å². The minimum atomic E-state index is -1.24. The number of rotatable bonds is 16. The molecule has 0 heterocycles. The summed E-state index contributed by atoms with van der Waals surface area (Å²) in [6.07, 6.45) is 22.7. The van der Waals surface area contributed by atoms with Crippen molar-refractivity contribution >= 4 is 12.8 Å². The molecule has 1 nitrogen and oxygen atoms in total. The predicted molar refractivity (Wildman–Crippen MR) is 109 cm³/mol. The van der Waals surface area contributed by atoms with Crippen molar-refractivity contribution in [1.29, 1.82) is 0 Å². The molecule has 0 aliphatic rings. The summed E-state index contributed by atoms with van der Waals surface area (Å²) in [5.74, 6) is 0. The maximum Gasteiger partial charge on any atom is 0.266 e. The van der Waals surface area contributed by atoms with E-state index in [1.807, 2.05) is 0 Å². The Balaban J connectivity index is 0. The second-order valence-corrected chi connectivity index (χ2v) is 12.3. The Morgan fingerprint density at radius 2 is 1.12 bits per heavy atom. The average molecular weight is 377 g/mol. The van der Waals surface area contributed by atoms with Crippen molar-refractivity contribution in [2.45, 2.75) is 96.8 Å². The molecule has 0 rings (SSSR count). The Hall–Kier alpha value is 0.130. The topological polar surface area (TPSA) is 17.1 Å². The molecule has 0 aromatic rings. The van der Waals surface area contributed by atoms with E-state index in [0.717, 1.165) is 12.8 Å². The second-order valence-electron chi connectivity index (χ2n) is 7.74. The molecule has 0 radical (unpaired) electrons. The van der Waals surface area contributed by atoms with E-state index in [0.29, 0.717) is 5.52 Å². The van der Waals surface area contributed by atoms with Crippen LogP contribution in [0.25, 0.3) is 0 Å². The van der Waals surface area contributed by atoms with Gasteiger partial charge in [0.25, 0.3) is 5.52 Å². The summed E-state index contributed by atoms with van der Waals surface area (Å²) in [4.78, 5) is 11.8. The van der Waals surface area contributed by atoms with Crippen LogP contribution in [0.15, 0.2) is 12.2 Å². The minimum absolute atomic E-state index is 0. The summed E-state index contributed by atoms with van der Waals surface area (Å²) in [5.41, 5.74) is 0.523. The molecule has 0 aliphatic carbocycles. The quantitative estimate of drug-likeness (QED) is 0.221. The maximum absolute atomic E-state index is 11.8. The van der Waals surface area contributed by atoms with E-state index in [1.165, 1.54) is 77.0 Å². The Kier molecular flexibility index (Phi) is 19.7. The molecular weight excluding hydrogens is 335 g/mol. The van der Waals surface area contributed by atoms with Gasteiger partial charge in [0.2, 0.25) is 0 Å². The average Bonchev–Trinajstić information content (AvgIpc) is 2.50. The fourth-order valence-electron chi connectivity index (χ4n) is 2.68. The van der Waals surface area contributed by atoms with Crippen LogP contribution in [0.2, 0.25) is 0 Å². The number of halogens is 1. The largest absolute Gasteiger partial charge is 1.00 e. The van der Waals surface area contributed by atoms with Gasteiger partial charge in [-0.1, -0.05) is 70.4 Å². The van der Waals surface area contributed by atoms with Crippen LogP contribution in [0.4, 0.5) is 0 Å². The number of carbonyl (C=O) groups is 1. The molecule has 0 N–H and O–H groups in total. The standard InChI is InChI=1S/C21H42OP.ClH/c1-5-6-7-8-9-10-11-12-13-14-15-16-17-18-19-20-21(22)23(2,3)4;/h12-13H,5-11,14-20H2,1-4H3;1H/q+1;/p-1. The summed E-state index contributed by atoms with van der Waals surface area (Å²) < 4.78 is 0. The van der Waals surface area contributed by atoms with Crippen molar-refractivity contribution in [3.8, 4) is 0 Å². The normalized spacial score (nSPS) is 11.7. The Bertz CT molecular complexity index is 307. The van der Waals surface area contributed by atoms with Crippen LogP contribution in [-0.4, -0.2) is 25.5 Å². The lowest BCUT2D eigenvalue weighted by molar-refractivity contribution is -0.111. The van der Waals surface area contributed by atoms with E-state index in [-0.39, 0.29) is 12.4 Å². The third-order valence-corrected chi connectivity index (χ3v) is 6.12. The zero-order valence-corrected chi connectivity index (χ0v) is 18.4. The lowest BCUT2D eigenvalue weighted by Crippen LogP contribution is -3.00. The van der Waals surface area contributed by atoms with Crippen LogP contribution in [-0.2, 0) is 4.79 Å². The smallest absolute Gasteiger partial charge is 0.266 e. The van der Waals surface area contributed by atoms with Crippen LogP contribution in [0.1, 0.15) is 96.8 Å². The molecule has 0 aromatic heterocycles. The first-order chi connectivity index (χ1) is 11.0. The van der Waals surface area contributed by atoms with E-state index >= 15 is 0 Å². The molecule has 0 spiro atoms.